The minimum atomic E-state index is -0.798. The number of ether oxygens (including phenoxy) is 2. The van der Waals surface area contributed by atoms with Gasteiger partial charge in [0.2, 0.25) is 0 Å². The topological polar surface area (TPSA) is 52.6 Å². The highest BCUT2D eigenvalue weighted by molar-refractivity contribution is 6.07. The molecule has 0 aliphatic rings. The Morgan fingerprint density at radius 2 is 1.57 bits per heavy atom. The minimum absolute atomic E-state index is 0.151. The fourth-order valence-electron chi connectivity index (χ4n) is 2.54. The van der Waals surface area contributed by atoms with E-state index in [4.69, 9.17) is 9.47 Å². The summed E-state index contributed by atoms with van der Waals surface area (Å²) in [7, 11) is 1.57. The second-order valence-electron chi connectivity index (χ2n) is 5.83. The number of carbonyl (C=O) groups is 2. The number of hydrogen-bond donors (Lipinski definition) is 0. The van der Waals surface area contributed by atoms with Crippen LogP contribution in [0.4, 0.5) is 4.39 Å². The molecule has 28 heavy (non-hydrogen) atoms. The van der Waals surface area contributed by atoms with Gasteiger partial charge in [0.1, 0.15) is 17.3 Å². The van der Waals surface area contributed by atoms with Crippen molar-refractivity contribution in [3.63, 3.8) is 0 Å². The average Bonchev–Trinajstić information content (AvgIpc) is 2.73. The summed E-state index contributed by atoms with van der Waals surface area (Å²) in [5.74, 6) is -0.771. The zero-order valence-electron chi connectivity index (χ0n) is 15.1. The molecule has 3 aromatic carbocycles. The number of allylic oxidation sites excluding steroid dienone is 1. The second kappa shape index (κ2) is 8.77. The first-order chi connectivity index (χ1) is 13.6. The lowest BCUT2D eigenvalue weighted by Gasteiger charge is -2.06. The summed E-state index contributed by atoms with van der Waals surface area (Å²) in [6.07, 6.45) is 3.12. The smallest absolute Gasteiger partial charge is 0.346 e. The fourth-order valence-corrected chi connectivity index (χ4v) is 2.54. The lowest BCUT2D eigenvalue weighted by atomic mass is 10.1. The molecule has 0 unspecified atom stereocenters. The van der Waals surface area contributed by atoms with Gasteiger partial charge in [-0.1, -0.05) is 30.3 Å². The van der Waals surface area contributed by atoms with Gasteiger partial charge in [-0.15, -0.1) is 0 Å². The van der Waals surface area contributed by atoms with E-state index < -0.39 is 11.8 Å². The van der Waals surface area contributed by atoms with Crippen LogP contribution in [0.3, 0.4) is 0 Å². The number of benzene rings is 3. The van der Waals surface area contributed by atoms with Gasteiger partial charge >= 0.3 is 5.97 Å². The number of ketones is 1. The first-order valence-corrected chi connectivity index (χ1v) is 8.50. The summed E-state index contributed by atoms with van der Waals surface area (Å²) in [6.45, 7) is 0. The van der Waals surface area contributed by atoms with E-state index in [1.807, 2.05) is 24.3 Å². The van der Waals surface area contributed by atoms with Gasteiger partial charge in [0, 0.05) is 11.1 Å². The van der Waals surface area contributed by atoms with Crippen molar-refractivity contribution in [2.75, 3.05) is 7.11 Å². The van der Waals surface area contributed by atoms with Crippen LogP contribution in [0.5, 0.6) is 11.5 Å². The first-order valence-electron chi connectivity index (χ1n) is 8.50. The predicted octanol–water partition coefficient (Wildman–Crippen LogP) is 4.95. The quantitative estimate of drug-likeness (QED) is 0.264. The van der Waals surface area contributed by atoms with E-state index in [0.717, 1.165) is 5.56 Å². The van der Waals surface area contributed by atoms with Gasteiger partial charge in [0.25, 0.3) is 0 Å². The number of esters is 1. The molecule has 140 valence electrons. The van der Waals surface area contributed by atoms with E-state index in [2.05, 4.69) is 0 Å². The second-order valence-corrected chi connectivity index (χ2v) is 5.83. The third-order valence-electron chi connectivity index (χ3n) is 4.00. The highest BCUT2D eigenvalue weighted by Crippen LogP contribution is 2.20. The largest absolute Gasteiger partial charge is 0.496 e. The van der Waals surface area contributed by atoms with E-state index in [1.54, 1.807) is 31.4 Å². The van der Waals surface area contributed by atoms with Gasteiger partial charge in [-0.2, -0.15) is 0 Å². The molecule has 0 amide bonds. The molecule has 0 saturated carbocycles. The van der Waals surface area contributed by atoms with Crippen LogP contribution in [0.25, 0.3) is 6.08 Å². The van der Waals surface area contributed by atoms with Crippen LogP contribution >= 0.6 is 0 Å². The lowest BCUT2D eigenvalue weighted by Crippen LogP contribution is -2.10. The van der Waals surface area contributed by atoms with Crippen LogP contribution in [0, 0.1) is 5.82 Å². The highest BCUT2D eigenvalue weighted by Gasteiger charge is 2.13. The SMILES string of the molecule is COc1ccccc1C=CC(=O)c1ccc(OC(=O)c2ccccc2F)cc1. The van der Waals surface area contributed by atoms with Crippen molar-refractivity contribution in [3.05, 3.63) is 101 Å². The lowest BCUT2D eigenvalue weighted by molar-refractivity contribution is 0.0730. The van der Waals surface area contributed by atoms with Crippen molar-refractivity contribution in [1.29, 1.82) is 0 Å². The van der Waals surface area contributed by atoms with E-state index in [1.165, 1.54) is 36.4 Å². The Morgan fingerprint density at radius 3 is 2.29 bits per heavy atom. The Labute approximate surface area is 161 Å². The molecule has 3 rings (SSSR count). The number of rotatable bonds is 6. The molecule has 0 radical (unpaired) electrons. The van der Waals surface area contributed by atoms with Crippen LogP contribution in [0.1, 0.15) is 26.3 Å². The molecule has 0 aromatic heterocycles. The van der Waals surface area contributed by atoms with Gasteiger partial charge in [0.15, 0.2) is 5.78 Å². The summed E-state index contributed by atoms with van der Waals surface area (Å²) in [5, 5.41) is 0. The number of halogens is 1. The molecule has 0 aliphatic carbocycles. The molecule has 4 nitrogen and oxygen atoms in total. The van der Waals surface area contributed by atoms with Crippen LogP contribution in [-0.2, 0) is 0 Å². The third-order valence-corrected chi connectivity index (χ3v) is 4.00. The highest BCUT2D eigenvalue weighted by atomic mass is 19.1. The predicted molar refractivity (Wildman–Crippen MR) is 104 cm³/mol. The number of methoxy groups -OCH3 is 1. The Balaban J connectivity index is 1.68. The maximum atomic E-state index is 13.6. The van der Waals surface area contributed by atoms with Crippen molar-refractivity contribution in [3.8, 4) is 11.5 Å². The molecule has 3 aromatic rings. The normalized spacial score (nSPS) is 10.6. The number of para-hydroxylation sites is 1. The van der Waals surface area contributed by atoms with E-state index in [0.29, 0.717) is 11.3 Å². The molecule has 0 bridgehead atoms. The van der Waals surface area contributed by atoms with Gasteiger partial charge < -0.3 is 9.47 Å². The van der Waals surface area contributed by atoms with Crippen LogP contribution < -0.4 is 9.47 Å². The zero-order valence-corrected chi connectivity index (χ0v) is 15.1. The van der Waals surface area contributed by atoms with Gasteiger partial charge in [-0.3, -0.25) is 4.79 Å². The van der Waals surface area contributed by atoms with E-state index in [-0.39, 0.29) is 17.1 Å². The molecule has 5 heteroatoms. The first kappa shape index (κ1) is 19.0. The van der Waals surface area contributed by atoms with Crippen molar-refractivity contribution in [1.82, 2.24) is 0 Å². The molecule has 0 spiro atoms. The van der Waals surface area contributed by atoms with Gasteiger partial charge in [-0.25, -0.2) is 9.18 Å². The van der Waals surface area contributed by atoms with E-state index in [9.17, 15) is 14.0 Å². The number of hydrogen-bond acceptors (Lipinski definition) is 4. The molecule has 0 aliphatic heterocycles. The van der Waals surface area contributed by atoms with Crippen molar-refractivity contribution in [2.24, 2.45) is 0 Å². The van der Waals surface area contributed by atoms with Gasteiger partial charge in [0.05, 0.1) is 12.7 Å². The maximum absolute atomic E-state index is 13.6. The molecule has 0 heterocycles. The van der Waals surface area contributed by atoms with Crippen molar-refractivity contribution >= 4 is 17.8 Å². The van der Waals surface area contributed by atoms with E-state index >= 15 is 0 Å². The summed E-state index contributed by atoms with van der Waals surface area (Å²) >= 11 is 0. The Bertz CT molecular complexity index is 1020. The summed E-state index contributed by atoms with van der Waals surface area (Å²) in [5.41, 5.74) is 1.06. The Kier molecular flexibility index (Phi) is 5.97. The zero-order chi connectivity index (χ0) is 19.9. The Morgan fingerprint density at radius 1 is 0.893 bits per heavy atom. The van der Waals surface area contributed by atoms with Crippen molar-refractivity contribution in [2.45, 2.75) is 0 Å². The van der Waals surface area contributed by atoms with Crippen molar-refractivity contribution < 1.29 is 23.5 Å². The van der Waals surface area contributed by atoms with Crippen LogP contribution in [-0.4, -0.2) is 18.9 Å². The molecule has 0 fully saturated rings. The van der Waals surface area contributed by atoms with Crippen LogP contribution in [0.15, 0.2) is 78.9 Å². The molecular weight excluding hydrogens is 359 g/mol. The standard InChI is InChI=1S/C23H17FO4/c1-27-22-9-5-2-6-17(22)12-15-21(25)16-10-13-18(14-11-16)28-23(26)19-7-3-4-8-20(19)24/h2-15H,1H3. The summed E-state index contributed by atoms with van der Waals surface area (Å²) in [4.78, 5) is 24.4. The maximum Gasteiger partial charge on any atom is 0.346 e. The molecule has 0 saturated heterocycles. The summed E-state index contributed by atoms with van der Waals surface area (Å²) in [6, 6.07) is 19.0. The molecular formula is C23H17FO4. The fraction of sp³-hybridized carbons (Fsp3) is 0.0435. The Hall–Kier alpha value is -3.73. The molecule has 0 atom stereocenters. The number of carbonyl (C=O) groups excluding carboxylic acids is 2. The average molecular weight is 376 g/mol. The van der Waals surface area contributed by atoms with Crippen LogP contribution in [0.2, 0.25) is 0 Å². The third kappa shape index (κ3) is 4.51. The van der Waals surface area contributed by atoms with Gasteiger partial charge in [-0.05, 0) is 54.6 Å². The minimum Gasteiger partial charge on any atom is -0.496 e. The summed E-state index contributed by atoms with van der Waals surface area (Å²) < 4.78 is 24.0. The monoisotopic (exact) mass is 376 g/mol. The molecule has 0 N–H and O–H groups in total.